The number of ketones is 1. The molecule has 4 heteroatoms. The molecular weight excluding hydrogens is 226 g/mol. The van der Waals surface area contributed by atoms with Gasteiger partial charge < -0.3 is 5.11 Å². The van der Waals surface area contributed by atoms with Crippen LogP contribution in [0, 0.1) is 0 Å². The number of carbonyl (C=O) groups is 1. The molecule has 0 aromatic carbocycles. The molecular formula is C12H14ClNO2. The van der Waals surface area contributed by atoms with Crippen LogP contribution >= 0.6 is 11.6 Å². The van der Waals surface area contributed by atoms with Crippen LogP contribution in [0.4, 0.5) is 0 Å². The largest absolute Gasteiger partial charge is 0.395 e. The van der Waals surface area contributed by atoms with Crippen LogP contribution in [-0.4, -0.2) is 22.5 Å². The average molecular weight is 240 g/mol. The zero-order valence-corrected chi connectivity index (χ0v) is 9.70. The first-order valence-electron chi connectivity index (χ1n) is 5.42. The molecule has 0 aliphatic heterocycles. The summed E-state index contributed by atoms with van der Waals surface area (Å²) in [6.45, 7) is 0.0215. The molecule has 0 bridgehead atoms. The Morgan fingerprint density at radius 1 is 1.38 bits per heavy atom. The Balaban J connectivity index is 2.31. The first kappa shape index (κ1) is 11.6. The number of rotatable bonds is 2. The lowest BCUT2D eigenvalue weighted by molar-refractivity contribution is -0.121. The van der Waals surface area contributed by atoms with Gasteiger partial charge in [-0.05, 0) is 25.0 Å². The highest BCUT2D eigenvalue weighted by atomic mass is 35.5. The fraction of sp³-hybridized carbons (Fsp3) is 0.500. The minimum Gasteiger partial charge on any atom is -0.395 e. The number of halogens is 1. The predicted octanol–water partition coefficient (Wildman–Crippen LogP) is 2.11. The molecule has 2 rings (SSSR count). The standard InChI is InChI=1S/C12H14ClNO2/c13-11-3-1-2-10(14-11)12(8-15)6-4-9(16)5-7-12/h1-3,15H,4-8H2. The van der Waals surface area contributed by atoms with Crippen molar-refractivity contribution in [2.24, 2.45) is 0 Å². The van der Waals surface area contributed by atoms with Crippen LogP contribution < -0.4 is 0 Å². The van der Waals surface area contributed by atoms with E-state index in [0.29, 0.717) is 30.8 Å². The van der Waals surface area contributed by atoms with Crippen molar-refractivity contribution in [3.63, 3.8) is 0 Å². The lowest BCUT2D eigenvalue weighted by Crippen LogP contribution is -2.36. The van der Waals surface area contributed by atoms with Crippen molar-refractivity contribution in [3.05, 3.63) is 29.0 Å². The molecule has 0 radical (unpaired) electrons. The third-order valence-corrected chi connectivity index (χ3v) is 3.54. The third-order valence-electron chi connectivity index (χ3n) is 3.33. The van der Waals surface area contributed by atoms with E-state index in [0.717, 1.165) is 5.69 Å². The predicted molar refractivity (Wildman–Crippen MR) is 61.5 cm³/mol. The Labute approximate surface area is 99.5 Å². The molecule has 1 saturated carbocycles. The SMILES string of the molecule is O=C1CCC(CO)(c2cccc(Cl)n2)CC1. The van der Waals surface area contributed by atoms with Gasteiger partial charge >= 0.3 is 0 Å². The summed E-state index contributed by atoms with van der Waals surface area (Å²) in [7, 11) is 0. The fourth-order valence-electron chi connectivity index (χ4n) is 2.21. The van der Waals surface area contributed by atoms with Crippen molar-refractivity contribution in [3.8, 4) is 0 Å². The molecule has 1 aliphatic rings. The molecule has 86 valence electrons. The van der Waals surface area contributed by atoms with Gasteiger partial charge in [0.1, 0.15) is 10.9 Å². The lowest BCUT2D eigenvalue weighted by Gasteiger charge is -2.34. The average Bonchev–Trinajstić information content (AvgIpc) is 2.31. The van der Waals surface area contributed by atoms with E-state index in [4.69, 9.17) is 11.6 Å². The molecule has 1 heterocycles. The number of aliphatic hydroxyl groups is 1. The summed E-state index contributed by atoms with van der Waals surface area (Å²) in [6, 6.07) is 5.42. The van der Waals surface area contributed by atoms with E-state index in [9.17, 15) is 9.90 Å². The van der Waals surface area contributed by atoms with Gasteiger partial charge in [-0.15, -0.1) is 0 Å². The van der Waals surface area contributed by atoms with E-state index >= 15 is 0 Å². The Kier molecular flexibility index (Phi) is 3.26. The zero-order valence-electron chi connectivity index (χ0n) is 8.95. The van der Waals surface area contributed by atoms with Gasteiger partial charge in [0.05, 0.1) is 12.3 Å². The summed E-state index contributed by atoms with van der Waals surface area (Å²) >= 11 is 5.85. The summed E-state index contributed by atoms with van der Waals surface area (Å²) in [5, 5.41) is 10.0. The quantitative estimate of drug-likeness (QED) is 0.805. The number of Topliss-reactive ketones (excluding diaryl/α,β-unsaturated/α-hetero) is 1. The fourth-order valence-corrected chi connectivity index (χ4v) is 2.37. The molecule has 0 unspecified atom stereocenters. The Morgan fingerprint density at radius 2 is 2.06 bits per heavy atom. The molecule has 1 aromatic heterocycles. The minimum absolute atomic E-state index is 0.0215. The van der Waals surface area contributed by atoms with Crippen LogP contribution in [-0.2, 0) is 10.2 Å². The van der Waals surface area contributed by atoms with Crippen LogP contribution in [0.25, 0.3) is 0 Å². The van der Waals surface area contributed by atoms with Crippen LogP contribution in [0.5, 0.6) is 0 Å². The third kappa shape index (κ3) is 2.11. The lowest BCUT2D eigenvalue weighted by atomic mass is 9.72. The second kappa shape index (κ2) is 4.52. The van der Waals surface area contributed by atoms with E-state index in [1.807, 2.05) is 12.1 Å². The molecule has 0 atom stereocenters. The number of pyridine rings is 1. The maximum absolute atomic E-state index is 11.2. The van der Waals surface area contributed by atoms with Crippen molar-refractivity contribution < 1.29 is 9.90 Å². The molecule has 1 N–H and O–H groups in total. The number of nitrogens with zero attached hydrogens (tertiary/aromatic N) is 1. The molecule has 0 spiro atoms. The Morgan fingerprint density at radius 3 is 2.62 bits per heavy atom. The van der Waals surface area contributed by atoms with Gasteiger partial charge in [-0.3, -0.25) is 4.79 Å². The van der Waals surface area contributed by atoms with Gasteiger partial charge in [0.2, 0.25) is 0 Å². The number of aliphatic hydroxyl groups excluding tert-OH is 1. The summed E-state index contributed by atoms with van der Waals surface area (Å²) < 4.78 is 0. The number of aromatic nitrogens is 1. The normalized spacial score (nSPS) is 19.8. The number of hydrogen-bond donors (Lipinski definition) is 1. The molecule has 1 fully saturated rings. The maximum atomic E-state index is 11.2. The summed E-state index contributed by atoms with van der Waals surface area (Å²) in [6.07, 6.45) is 2.37. The van der Waals surface area contributed by atoms with E-state index in [2.05, 4.69) is 4.98 Å². The van der Waals surface area contributed by atoms with Crippen LogP contribution in [0.2, 0.25) is 5.15 Å². The zero-order chi connectivity index (χ0) is 11.6. The first-order chi connectivity index (χ1) is 7.66. The van der Waals surface area contributed by atoms with Gasteiger partial charge in [0.25, 0.3) is 0 Å². The van der Waals surface area contributed by atoms with Gasteiger partial charge in [-0.2, -0.15) is 0 Å². The van der Waals surface area contributed by atoms with Crippen molar-refractivity contribution in [1.82, 2.24) is 4.98 Å². The monoisotopic (exact) mass is 239 g/mol. The van der Waals surface area contributed by atoms with E-state index in [-0.39, 0.29) is 17.8 Å². The summed E-state index contributed by atoms with van der Waals surface area (Å²) in [5.41, 5.74) is 0.425. The van der Waals surface area contributed by atoms with Crippen LogP contribution in [0.3, 0.4) is 0 Å². The molecule has 1 aliphatic carbocycles. The molecule has 0 saturated heterocycles. The van der Waals surface area contributed by atoms with Crippen molar-refractivity contribution in [1.29, 1.82) is 0 Å². The topological polar surface area (TPSA) is 50.2 Å². The highest BCUT2D eigenvalue weighted by Gasteiger charge is 2.37. The first-order valence-corrected chi connectivity index (χ1v) is 5.80. The Hall–Kier alpha value is -0.930. The van der Waals surface area contributed by atoms with Crippen LogP contribution in [0.1, 0.15) is 31.4 Å². The summed E-state index contributed by atoms with van der Waals surface area (Å²) in [5.74, 6) is 0.270. The highest BCUT2D eigenvalue weighted by Crippen LogP contribution is 2.37. The molecule has 16 heavy (non-hydrogen) atoms. The molecule has 0 amide bonds. The van der Waals surface area contributed by atoms with Crippen LogP contribution in [0.15, 0.2) is 18.2 Å². The maximum Gasteiger partial charge on any atom is 0.132 e. The number of carbonyl (C=O) groups excluding carboxylic acids is 1. The van der Waals surface area contributed by atoms with E-state index in [1.165, 1.54) is 0 Å². The van der Waals surface area contributed by atoms with Crippen molar-refractivity contribution in [2.45, 2.75) is 31.1 Å². The smallest absolute Gasteiger partial charge is 0.132 e. The van der Waals surface area contributed by atoms with E-state index < -0.39 is 0 Å². The molecule has 3 nitrogen and oxygen atoms in total. The Bertz CT molecular complexity index is 396. The van der Waals surface area contributed by atoms with Gasteiger partial charge in [0, 0.05) is 18.3 Å². The van der Waals surface area contributed by atoms with Gasteiger partial charge in [0.15, 0.2) is 0 Å². The van der Waals surface area contributed by atoms with Crippen molar-refractivity contribution in [2.75, 3.05) is 6.61 Å². The molecule has 1 aromatic rings. The van der Waals surface area contributed by atoms with E-state index in [1.54, 1.807) is 6.07 Å². The number of hydrogen-bond acceptors (Lipinski definition) is 3. The second-order valence-corrected chi connectivity index (χ2v) is 4.71. The van der Waals surface area contributed by atoms with Gasteiger partial charge in [-0.25, -0.2) is 4.98 Å². The van der Waals surface area contributed by atoms with Crippen molar-refractivity contribution >= 4 is 17.4 Å². The minimum atomic E-state index is -0.376. The van der Waals surface area contributed by atoms with Gasteiger partial charge in [-0.1, -0.05) is 17.7 Å². The highest BCUT2D eigenvalue weighted by molar-refractivity contribution is 6.29. The second-order valence-electron chi connectivity index (χ2n) is 4.32. The summed E-state index contributed by atoms with van der Waals surface area (Å²) in [4.78, 5) is 15.5.